The topological polar surface area (TPSA) is 47.6 Å². The molecule has 1 aromatic rings. The van der Waals surface area contributed by atoms with E-state index in [9.17, 15) is 4.79 Å². The minimum Gasteiger partial charge on any atom is -0.497 e. The molecule has 17 heavy (non-hydrogen) atoms. The van der Waals surface area contributed by atoms with Gasteiger partial charge in [0.05, 0.1) is 19.4 Å². The maximum Gasteiger partial charge on any atom is 0.332 e. The van der Waals surface area contributed by atoms with Gasteiger partial charge in [-0.15, -0.1) is 0 Å². The van der Waals surface area contributed by atoms with Gasteiger partial charge in [0.2, 0.25) is 0 Å². The summed E-state index contributed by atoms with van der Waals surface area (Å²) >= 11 is 3.39. The average Bonchev–Trinajstić information content (AvgIpc) is 2.32. The van der Waals surface area contributed by atoms with E-state index in [0.29, 0.717) is 6.61 Å². The molecule has 0 atom stereocenters. The van der Waals surface area contributed by atoms with Crippen molar-refractivity contribution in [3.63, 3.8) is 0 Å². The van der Waals surface area contributed by atoms with Crippen LogP contribution in [0.4, 0.5) is 5.69 Å². The van der Waals surface area contributed by atoms with E-state index in [1.54, 1.807) is 14.0 Å². The van der Waals surface area contributed by atoms with Crippen molar-refractivity contribution in [1.29, 1.82) is 0 Å². The van der Waals surface area contributed by atoms with Crippen LogP contribution in [0.1, 0.15) is 6.92 Å². The Morgan fingerprint density at radius 2 is 2.29 bits per heavy atom. The minimum absolute atomic E-state index is 0.367. The first-order chi connectivity index (χ1) is 8.17. The van der Waals surface area contributed by atoms with Crippen LogP contribution >= 0.6 is 15.9 Å². The molecule has 1 aromatic carbocycles. The first-order valence-electron chi connectivity index (χ1n) is 5.10. The molecule has 0 saturated carbocycles. The fraction of sp³-hybridized carbons (Fsp3) is 0.250. The van der Waals surface area contributed by atoms with Crippen LogP contribution in [0.25, 0.3) is 0 Å². The van der Waals surface area contributed by atoms with Crippen LogP contribution in [0.2, 0.25) is 0 Å². The average molecular weight is 300 g/mol. The number of nitrogens with one attached hydrogen (secondary N) is 1. The van der Waals surface area contributed by atoms with E-state index in [2.05, 4.69) is 21.2 Å². The lowest BCUT2D eigenvalue weighted by Gasteiger charge is -2.06. The van der Waals surface area contributed by atoms with E-state index in [-0.39, 0.29) is 5.97 Å². The fourth-order valence-corrected chi connectivity index (χ4v) is 1.49. The number of methoxy groups -OCH3 is 1. The molecular weight excluding hydrogens is 286 g/mol. The molecule has 5 heteroatoms. The number of benzene rings is 1. The number of carbonyl (C=O) groups is 1. The van der Waals surface area contributed by atoms with E-state index >= 15 is 0 Å². The number of halogens is 1. The lowest BCUT2D eigenvalue weighted by molar-refractivity contribution is -0.137. The van der Waals surface area contributed by atoms with Crippen molar-refractivity contribution in [3.8, 4) is 5.75 Å². The molecule has 1 rings (SSSR count). The highest BCUT2D eigenvalue weighted by Gasteiger charge is 2.00. The molecule has 0 aliphatic heterocycles. The molecule has 0 unspecified atom stereocenters. The third-order valence-corrected chi connectivity index (χ3v) is 2.61. The quantitative estimate of drug-likeness (QED) is 0.671. The molecule has 0 saturated heterocycles. The monoisotopic (exact) mass is 299 g/mol. The zero-order valence-corrected chi connectivity index (χ0v) is 11.3. The van der Waals surface area contributed by atoms with Crippen LogP contribution in [0, 0.1) is 0 Å². The zero-order chi connectivity index (χ0) is 12.7. The van der Waals surface area contributed by atoms with Gasteiger partial charge in [0.15, 0.2) is 0 Å². The summed E-state index contributed by atoms with van der Waals surface area (Å²) in [6.07, 6.45) is 2.85. The Labute approximate surface area is 109 Å². The highest BCUT2D eigenvalue weighted by molar-refractivity contribution is 9.10. The van der Waals surface area contributed by atoms with Gasteiger partial charge in [0.25, 0.3) is 0 Å². The van der Waals surface area contributed by atoms with Gasteiger partial charge in [0, 0.05) is 22.8 Å². The van der Waals surface area contributed by atoms with Gasteiger partial charge >= 0.3 is 5.97 Å². The number of hydrogen-bond donors (Lipinski definition) is 1. The van der Waals surface area contributed by atoms with Crippen molar-refractivity contribution in [2.45, 2.75) is 6.92 Å². The summed E-state index contributed by atoms with van der Waals surface area (Å²) in [6.45, 7) is 2.13. The summed E-state index contributed by atoms with van der Waals surface area (Å²) in [5.74, 6) is 0.360. The van der Waals surface area contributed by atoms with Crippen LogP contribution in [0.5, 0.6) is 5.75 Å². The second-order valence-electron chi connectivity index (χ2n) is 3.08. The first kappa shape index (κ1) is 13.6. The normalized spacial score (nSPS) is 10.3. The maximum atomic E-state index is 11.1. The van der Waals surface area contributed by atoms with Crippen molar-refractivity contribution < 1.29 is 14.3 Å². The zero-order valence-electron chi connectivity index (χ0n) is 9.70. The van der Waals surface area contributed by atoms with E-state index < -0.39 is 0 Å². The predicted molar refractivity (Wildman–Crippen MR) is 70.1 cm³/mol. The minimum atomic E-state index is -0.376. The first-order valence-corrected chi connectivity index (χ1v) is 5.90. The molecule has 92 valence electrons. The molecule has 0 aliphatic rings. The molecule has 0 bridgehead atoms. The van der Waals surface area contributed by atoms with E-state index in [1.807, 2.05) is 18.2 Å². The molecule has 0 fully saturated rings. The number of hydrogen-bond acceptors (Lipinski definition) is 4. The highest BCUT2D eigenvalue weighted by Crippen LogP contribution is 2.26. The molecular formula is C12H14BrNO3. The molecule has 0 aromatic heterocycles. The molecule has 1 N–H and O–H groups in total. The Morgan fingerprint density at radius 1 is 1.53 bits per heavy atom. The van der Waals surface area contributed by atoms with E-state index in [4.69, 9.17) is 9.47 Å². The standard InChI is InChI=1S/C12H14BrNO3/c1-3-17-12(15)6-7-14-11-8-9(16-2)4-5-10(11)13/h4-8,14H,3H2,1-2H3/b7-6+. The van der Waals surface area contributed by atoms with Gasteiger partial charge in [-0.1, -0.05) is 0 Å². The van der Waals surface area contributed by atoms with E-state index in [0.717, 1.165) is 15.9 Å². The molecule has 4 nitrogen and oxygen atoms in total. The summed E-state index contributed by atoms with van der Waals surface area (Å²) in [5, 5.41) is 2.97. The van der Waals surface area contributed by atoms with Crippen LogP contribution in [0.3, 0.4) is 0 Å². The van der Waals surface area contributed by atoms with Crippen molar-refractivity contribution >= 4 is 27.6 Å². The SMILES string of the molecule is CCOC(=O)/C=C/Nc1cc(OC)ccc1Br. The van der Waals surface area contributed by atoms with Gasteiger partial charge in [-0.3, -0.25) is 0 Å². The van der Waals surface area contributed by atoms with Crippen LogP contribution < -0.4 is 10.1 Å². The second-order valence-corrected chi connectivity index (χ2v) is 3.93. The number of carbonyl (C=O) groups excluding carboxylic acids is 1. The lowest BCUT2D eigenvalue weighted by atomic mass is 10.3. The smallest absolute Gasteiger partial charge is 0.332 e. The van der Waals surface area contributed by atoms with Crippen LogP contribution in [0.15, 0.2) is 34.9 Å². The van der Waals surface area contributed by atoms with Gasteiger partial charge in [-0.2, -0.15) is 0 Å². The lowest BCUT2D eigenvalue weighted by Crippen LogP contribution is -2.00. The highest BCUT2D eigenvalue weighted by atomic mass is 79.9. The Bertz CT molecular complexity index is 418. The van der Waals surface area contributed by atoms with Gasteiger partial charge < -0.3 is 14.8 Å². The molecule has 0 spiro atoms. The molecule has 0 aliphatic carbocycles. The van der Waals surface area contributed by atoms with Crippen molar-refractivity contribution in [1.82, 2.24) is 0 Å². The Morgan fingerprint density at radius 3 is 2.94 bits per heavy atom. The molecule has 0 amide bonds. The Hall–Kier alpha value is -1.49. The summed E-state index contributed by atoms with van der Waals surface area (Å²) in [6, 6.07) is 5.52. The summed E-state index contributed by atoms with van der Waals surface area (Å²) in [5.41, 5.74) is 0.810. The Balaban J connectivity index is 2.65. The predicted octanol–water partition coefficient (Wildman–Crippen LogP) is 2.95. The van der Waals surface area contributed by atoms with Crippen LogP contribution in [-0.4, -0.2) is 19.7 Å². The van der Waals surface area contributed by atoms with Gasteiger partial charge in [-0.05, 0) is 35.0 Å². The number of anilines is 1. The fourth-order valence-electron chi connectivity index (χ4n) is 1.13. The maximum absolute atomic E-state index is 11.1. The third-order valence-electron chi connectivity index (χ3n) is 1.92. The van der Waals surface area contributed by atoms with Crippen molar-refractivity contribution in [3.05, 3.63) is 34.9 Å². The number of esters is 1. The van der Waals surface area contributed by atoms with Gasteiger partial charge in [-0.25, -0.2) is 4.79 Å². The second kappa shape index (κ2) is 6.96. The molecule has 0 heterocycles. The number of ether oxygens (including phenoxy) is 2. The summed E-state index contributed by atoms with van der Waals surface area (Å²) < 4.78 is 10.7. The summed E-state index contributed by atoms with van der Waals surface area (Å²) in [7, 11) is 1.60. The summed E-state index contributed by atoms with van der Waals surface area (Å²) in [4.78, 5) is 11.1. The molecule has 0 radical (unpaired) electrons. The number of rotatable bonds is 5. The van der Waals surface area contributed by atoms with E-state index in [1.165, 1.54) is 12.3 Å². The largest absolute Gasteiger partial charge is 0.497 e. The van der Waals surface area contributed by atoms with Gasteiger partial charge in [0.1, 0.15) is 5.75 Å². The van der Waals surface area contributed by atoms with Crippen molar-refractivity contribution in [2.75, 3.05) is 19.0 Å². The van der Waals surface area contributed by atoms with Crippen LogP contribution in [-0.2, 0) is 9.53 Å². The van der Waals surface area contributed by atoms with Crippen molar-refractivity contribution in [2.24, 2.45) is 0 Å². The Kier molecular flexibility index (Phi) is 5.56. The third kappa shape index (κ3) is 4.48.